The van der Waals surface area contributed by atoms with Crippen LogP contribution in [0.2, 0.25) is 0 Å². The Kier molecular flexibility index (Phi) is 4.43. The second-order valence-electron chi connectivity index (χ2n) is 6.36. The van der Waals surface area contributed by atoms with Crippen LogP contribution in [0, 0.1) is 11.3 Å². The van der Waals surface area contributed by atoms with E-state index in [-0.39, 0.29) is 5.60 Å². The minimum absolute atomic E-state index is 0.222. The van der Waals surface area contributed by atoms with Gasteiger partial charge in [-0.1, -0.05) is 13.8 Å². The molecule has 2 aliphatic heterocycles. The summed E-state index contributed by atoms with van der Waals surface area (Å²) in [5, 5.41) is 0. The third kappa shape index (κ3) is 3.18. The van der Waals surface area contributed by atoms with Crippen LogP contribution in [0.4, 0.5) is 0 Å². The summed E-state index contributed by atoms with van der Waals surface area (Å²) in [6.45, 7) is 6.55. The van der Waals surface area contributed by atoms with Crippen molar-refractivity contribution in [3.05, 3.63) is 0 Å². The molecule has 0 saturated carbocycles. The summed E-state index contributed by atoms with van der Waals surface area (Å²) in [6.07, 6.45) is 6.14. The normalized spacial score (nSPS) is 29.5. The first kappa shape index (κ1) is 13.7. The first-order valence-electron chi connectivity index (χ1n) is 7.00. The molecule has 0 aromatic heterocycles. The van der Waals surface area contributed by atoms with Gasteiger partial charge >= 0.3 is 0 Å². The molecule has 2 heterocycles. The maximum Gasteiger partial charge on any atom is 0.0701 e. The van der Waals surface area contributed by atoms with Crippen molar-refractivity contribution in [1.82, 2.24) is 0 Å². The van der Waals surface area contributed by atoms with Crippen LogP contribution in [-0.4, -0.2) is 30.3 Å². The van der Waals surface area contributed by atoms with Crippen molar-refractivity contribution in [3.8, 4) is 0 Å². The number of thioether (sulfide) groups is 1. The highest BCUT2D eigenvalue weighted by molar-refractivity contribution is 7.99. The van der Waals surface area contributed by atoms with Crippen molar-refractivity contribution in [2.75, 3.05) is 24.7 Å². The largest absolute Gasteiger partial charge is 0.375 e. The summed E-state index contributed by atoms with van der Waals surface area (Å²) < 4.78 is 6.17. The second-order valence-corrected chi connectivity index (χ2v) is 7.59. The van der Waals surface area contributed by atoms with Crippen molar-refractivity contribution in [1.29, 1.82) is 0 Å². The number of ether oxygens (including phenoxy) is 1. The molecule has 1 atom stereocenters. The maximum absolute atomic E-state index is 6.17. The molecule has 100 valence electrons. The molecule has 0 aromatic rings. The van der Waals surface area contributed by atoms with Gasteiger partial charge < -0.3 is 10.5 Å². The van der Waals surface area contributed by atoms with Gasteiger partial charge in [0.05, 0.1) is 5.60 Å². The molecular weight excluding hydrogens is 230 g/mol. The van der Waals surface area contributed by atoms with Gasteiger partial charge in [-0.25, -0.2) is 0 Å². The molecule has 2 nitrogen and oxygen atoms in total. The van der Waals surface area contributed by atoms with E-state index < -0.39 is 0 Å². The lowest BCUT2D eigenvalue weighted by Gasteiger charge is -2.48. The van der Waals surface area contributed by atoms with Crippen LogP contribution >= 0.6 is 11.8 Å². The number of hydrogen-bond donors (Lipinski definition) is 1. The van der Waals surface area contributed by atoms with Gasteiger partial charge in [-0.3, -0.25) is 0 Å². The smallest absolute Gasteiger partial charge is 0.0701 e. The van der Waals surface area contributed by atoms with Gasteiger partial charge in [-0.2, -0.15) is 11.8 Å². The highest BCUT2D eigenvalue weighted by Gasteiger charge is 2.43. The van der Waals surface area contributed by atoms with Crippen LogP contribution in [0.3, 0.4) is 0 Å². The van der Waals surface area contributed by atoms with E-state index in [2.05, 4.69) is 25.6 Å². The molecule has 2 N–H and O–H groups in total. The van der Waals surface area contributed by atoms with Crippen LogP contribution in [0.15, 0.2) is 0 Å². The minimum Gasteiger partial charge on any atom is -0.375 e. The summed E-state index contributed by atoms with van der Waals surface area (Å²) in [5.74, 6) is 3.36. The fourth-order valence-electron chi connectivity index (χ4n) is 3.36. The molecule has 2 rings (SSSR count). The molecule has 17 heavy (non-hydrogen) atoms. The van der Waals surface area contributed by atoms with Crippen LogP contribution < -0.4 is 5.73 Å². The third-order valence-corrected chi connectivity index (χ3v) is 5.78. The van der Waals surface area contributed by atoms with Gasteiger partial charge in [0.2, 0.25) is 0 Å². The van der Waals surface area contributed by atoms with Gasteiger partial charge in [0.1, 0.15) is 0 Å². The quantitative estimate of drug-likeness (QED) is 0.844. The van der Waals surface area contributed by atoms with Crippen LogP contribution in [0.5, 0.6) is 0 Å². The zero-order chi connectivity index (χ0) is 12.4. The van der Waals surface area contributed by atoms with E-state index in [4.69, 9.17) is 10.5 Å². The molecule has 0 bridgehead atoms. The summed E-state index contributed by atoms with van der Waals surface area (Å²) in [5.41, 5.74) is 6.36. The summed E-state index contributed by atoms with van der Waals surface area (Å²) in [7, 11) is 0. The topological polar surface area (TPSA) is 35.2 Å². The Hall–Kier alpha value is 0.270. The van der Waals surface area contributed by atoms with E-state index in [0.717, 1.165) is 25.5 Å². The summed E-state index contributed by atoms with van der Waals surface area (Å²) >= 11 is 2.08. The number of nitrogens with two attached hydrogens (primary N) is 1. The second kappa shape index (κ2) is 5.50. The molecule has 1 spiro atoms. The van der Waals surface area contributed by atoms with Crippen LogP contribution in [0.25, 0.3) is 0 Å². The molecule has 2 fully saturated rings. The predicted molar refractivity (Wildman–Crippen MR) is 75.4 cm³/mol. The summed E-state index contributed by atoms with van der Waals surface area (Å²) in [4.78, 5) is 0. The Bertz CT molecular complexity index is 243. The molecule has 2 saturated heterocycles. The average Bonchev–Trinajstić information content (AvgIpc) is 2.30. The molecular formula is C14H27NOS. The van der Waals surface area contributed by atoms with E-state index in [1.807, 2.05) is 0 Å². The van der Waals surface area contributed by atoms with Gasteiger partial charge in [-0.05, 0) is 61.5 Å². The van der Waals surface area contributed by atoms with Gasteiger partial charge in [-0.15, -0.1) is 0 Å². The molecule has 0 radical (unpaired) electrons. The number of rotatable bonds is 3. The fraction of sp³-hybridized carbons (Fsp3) is 1.00. The standard InChI is InChI=1S/C14H27NOS/c1-13(2,4-7-15)12-3-8-16-14(11-12)5-9-17-10-6-14/h12H,3-11,15H2,1-2H3. The molecule has 0 amide bonds. The Balaban J connectivity index is 2.00. The molecule has 3 heteroatoms. The Labute approximate surface area is 110 Å². The Morgan fingerprint density at radius 3 is 2.71 bits per heavy atom. The SMILES string of the molecule is CC(C)(CCN)C1CCOC2(CCSCC2)C1. The van der Waals surface area contributed by atoms with E-state index in [0.29, 0.717) is 5.41 Å². The van der Waals surface area contributed by atoms with Crippen molar-refractivity contribution in [2.24, 2.45) is 17.1 Å². The van der Waals surface area contributed by atoms with Crippen molar-refractivity contribution in [3.63, 3.8) is 0 Å². The molecule has 0 aliphatic carbocycles. The first-order chi connectivity index (χ1) is 8.08. The van der Waals surface area contributed by atoms with Crippen LogP contribution in [0.1, 0.15) is 46.0 Å². The van der Waals surface area contributed by atoms with E-state index >= 15 is 0 Å². The fourth-order valence-corrected chi connectivity index (χ4v) is 4.60. The van der Waals surface area contributed by atoms with Crippen molar-refractivity contribution < 1.29 is 4.74 Å². The Morgan fingerprint density at radius 2 is 2.06 bits per heavy atom. The lowest BCUT2D eigenvalue weighted by atomic mass is 9.67. The van der Waals surface area contributed by atoms with Gasteiger partial charge in [0.25, 0.3) is 0 Å². The number of hydrogen-bond acceptors (Lipinski definition) is 3. The van der Waals surface area contributed by atoms with E-state index in [9.17, 15) is 0 Å². The Morgan fingerprint density at radius 1 is 1.35 bits per heavy atom. The zero-order valence-electron chi connectivity index (χ0n) is 11.3. The van der Waals surface area contributed by atoms with Gasteiger partial charge in [0.15, 0.2) is 0 Å². The molecule has 1 unspecified atom stereocenters. The van der Waals surface area contributed by atoms with Gasteiger partial charge in [0, 0.05) is 6.61 Å². The van der Waals surface area contributed by atoms with E-state index in [1.54, 1.807) is 0 Å². The predicted octanol–water partition coefficient (Wildman–Crippen LogP) is 3.05. The van der Waals surface area contributed by atoms with Crippen molar-refractivity contribution in [2.45, 2.75) is 51.6 Å². The van der Waals surface area contributed by atoms with E-state index in [1.165, 1.54) is 37.2 Å². The highest BCUT2D eigenvalue weighted by Crippen LogP contribution is 2.46. The average molecular weight is 257 g/mol. The lowest BCUT2D eigenvalue weighted by Crippen LogP contribution is -2.46. The first-order valence-corrected chi connectivity index (χ1v) is 8.15. The van der Waals surface area contributed by atoms with Crippen LogP contribution in [-0.2, 0) is 4.74 Å². The lowest BCUT2D eigenvalue weighted by molar-refractivity contribution is -0.121. The maximum atomic E-state index is 6.17. The summed E-state index contributed by atoms with van der Waals surface area (Å²) in [6, 6.07) is 0. The zero-order valence-corrected chi connectivity index (χ0v) is 12.2. The molecule has 0 aromatic carbocycles. The highest BCUT2D eigenvalue weighted by atomic mass is 32.2. The minimum atomic E-state index is 0.222. The monoisotopic (exact) mass is 257 g/mol. The third-order valence-electron chi connectivity index (χ3n) is 4.79. The molecule has 2 aliphatic rings. The van der Waals surface area contributed by atoms with Crippen molar-refractivity contribution >= 4 is 11.8 Å².